The van der Waals surface area contributed by atoms with Crippen LogP contribution in [0.3, 0.4) is 0 Å². The molecule has 1 atom stereocenters. The smallest absolute Gasteiger partial charge is 0.199 e. The highest BCUT2D eigenvalue weighted by Gasteiger charge is 2.23. The van der Waals surface area contributed by atoms with Gasteiger partial charge < -0.3 is 4.74 Å². The molecule has 1 unspecified atom stereocenters. The predicted octanol–water partition coefficient (Wildman–Crippen LogP) is 4.54. The van der Waals surface area contributed by atoms with Crippen LogP contribution in [0.15, 0.2) is 17.5 Å². The van der Waals surface area contributed by atoms with E-state index in [0.29, 0.717) is 6.04 Å². The van der Waals surface area contributed by atoms with Crippen LogP contribution in [-0.4, -0.2) is 45.0 Å². The molecule has 2 fully saturated rings. The van der Waals surface area contributed by atoms with Crippen LogP contribution in [0.25, 0.3) is 10.7 Å². The molecule has 0 amide bonds. The summed E-state index contributed by atoms with van der Waals surface area (Å²) < 4.78 is 10.9. The first-order chi connectivity index (χ1) is 12.7. The maximum Gasteiger partial charge on any atom is 0.199 e. The Kier molecular flexibility index (Phi) is 5.88. The number of ether oxygens (including phenoxy) is 1. The van der Waals surface area contributed by atoms with Crippen molar-refractivity contribution in [2.24, 2.45) is 0 Å². The molecule has 142 valence electrons. The fourth-order valence-electron chi connectivity index (χ4n) is 4.13. The van der Waals surface area contributed by atoms with Gasteiger partial charge in [-0.25, -0.2) is 4.68 Å². The summed E-state index contributed by atoms with van der Waals surface area (Å²) >= 11 is 7.55. The largest absolute Gasteiger partial charge is 0.376 e. The first-order valence-corrected chi connectivity index (χ1v) is 11.0. The number of hydrogen-bond donors (Lipinski definition) is 0. The zero-order valence-electron chi connectivity index (χ0n) is 15.5. The van der Waals surface area contributed by atoms with Crippen molar-refractivity contribution in [3.63, 3.8) is 0 Å². The summed E-state index contributed by atoms with van der Waals surface area (Å²) in [5.74, 6) is 0.984. The Morgan fingerprint density at radius 1 is 1.27 bits per heavy atom. The lowest BCUT2D eigenvalue weighted by Crippen LogP contribution is -2.35. The van der Waals surface area contributed by atoms with Crippen LogP contribution < -0.4 is 0 Å². The van der Waals surface area contributed by atoms with E-state index in [0.717, 1.165) is 43.3 Å². The van der Waals surface area contributed by atoms with E-state index >= 15 is 0 Å². The van der Waals surface area contributed by atoms with Crippen LogP contribution >= 0.6 is 23.6 Å². The lowest BCUT2D eigenvalue weighted by atomic mass is 9.95. The summed E-state index contributed by atoms with van der Waals surface area (Å²) in [5.41, 5.74) is 0. The summed E-state index contributed by atoms with van der Waals surface area (Å²) in [7, 11) is 2.21. The van der Waals surface area contributed by atoms with Gasteiger partial charge >= 0.3 is 0 Å². The summed E-state index contributed by atoms with van der Waals surface area (Å²) in [6.45, 7) is 2.44. The summed E-state index contributed by atoms with van der Waals surface area (Å²) in [6, 6.07) is 4.86. The van der Waals surface area contributed by atoms with Crippen LogP contribution in [0.4, 0.5) is 0 Å². The molecule has 0 spiro atoms. The van der Waals surface area contributed by atoms with Gasteiger partial charge in [-0.15, -0.1) is 16.4 Å². The molecular formula is C19H28N4OS2. The summed E-state index contributed by atoms with van der Waals surface area (Å²) in [6.07, 6.45) is 9.15. The van der Waals surface area contributed by atoms with Crippen LogP contribution in [0.1, 0.15) is 44.9 Å². The summed E-state index contributed by atoms with van der Waals surface area (Å²) in [5, 5.41) is 7.02. The van der Waals surface area contributed by atoms with Crippen molar-refractivity contribution in [1.29, 1.82) is 0 Å². The minimum Gasteiger partial charge on any atom is -0.376 e. The molecule has 1 aliphatic carbocycles. The number of nitrogens with zero attached hydrogens (tertiary/aromatic N) is 4. The lowest BCUT2D eigenvalue weighted by molar-refractivity contribution is 0.0964. The highest BCUT2D eigenvalue weighted by atomic mass is 32.1. The van der Waals surface area contributed by atoms with Gasteiger partial charge in [-0.2, -0.15) is 0 Å². The normalized spacial score (nSPS) is 21.7. The van der Waals surface area contributed by atoms with Gasteiger partial charge in [-0.05, 0) is 56.4 Å². The van der Waals surface area contributed by atoms with E-state index < -0.39 is 0 Å². The molecule has 7 heteroatoms. The number of aromatic nitrogens is 3. The van der Waals surface area contributed by atoms with E-state index in [1.54, 1.807) is 11.3 Å². The molecule has 0 aromatic carbocycles. The minimum atomic E-state index is 0.258. The lowest BCUT2D eigenvalue weighted by Gasteiger charge is -2.30. The Bertz CT molecular complexity index is 755. The standard InChI is InChI=1S/C19H28N4OS2/c1-21(15-7-3-2-4-8-15)14-23-19(25)22(13-16-9-5-11-24-16)18(20-23)17-10-6-12-26-17/h6,10,12,15-16H,2-5,7-9,11,13-14H2,1H3. The van der Waals surface area contributed by atoms with Crippen molar-refractivity contribution in [2.75, 3.05) is 13.7 Å². The molecule has 5 nitrogen and oxygen atoms in total. The first-order valence-electron chi connectivity index (χ1n) is 9.76. The number of hydrogen-bond acceptors (Lipinski definition) is 5. The van der Waals surface area contributed by atoms with Crippen LogP contribution in [0.5, 0.6) is 0 Å². The van der Waals surface area contributed by atoms with E-state index in [-0.39, 0.29) is 6.10 Å². The van der Waals surface area contributed by atoms with Crippen molar-refractivity contribution in [2.45, 2.75) is 70.3 Å². The molecule has 1 aliphatic heterocycles. The van der Waals surface area contributed by atoms with Crippen LogP contribution in [0, 0.1) is 4.77 Å². The third-order valence-electron chi connectivity index (χ3n) is 5.63. The Hall–Kier alpha value is -1.02. The van der Waals surface area contributed by atoms with Gasteiger partial charge in [0.1, 0.15) is 0 Å². The monoisotopic (exact) mass is 392 g/mol. The van der Waals surface area contributed by atoms with E-state index in [2.05, 4.69) is 34.0 Å². The van der Waals surface area contributed by atoms with Crippen molar-refractivity contribution < 1.29 is 4.74 Å². The van der Waals surface area contributed by atoms with Gasteiger partial charge in [0.2, 0.25) is 0 Å². The Balaban J connectivity index is 1.59. The molecule has 0 bridgehead atoms. The topological polar surface area (TPSA) is 35.2 Å². The van der Waals surface area contributed by atoms with Crippen LogP contribution in [0.2, 0.25) is 0 Å². The second-order valence-corrected chi connectivity index (χ2v) is 8.83. The molecule has 26 heavy (non-hydrogen) atoms. The van der Waals surface area contributed by atoms with Gasteiger partial charge in [0.25, 0.3) is 0 Å². The third-order valence-corrected chi connectivity index (χ3v) is 6.93. The molecule has 3 heterocycles. The molecule has 2 aliphatic rings. The molecule has 0 N–H and O–H groups in total. The highest BCUT2D eigenvalue weighted by Crippen LogP contribution is 2.26. The minimum absolute atomic E-state index is 0.258. The van der Waals surface area contributed by atoms with Crippen molar-refractivity contribution >= 4 is 23.6 Å². The maximum atomic E-state index is 5.86. The fourth-order valence-corrected chi connectivity index (χ4v) is 5.10. The molecule has 1 saturated carbocycles. The van der Waals surface area contributed by atoms with E-state index in [1.807, 2.05) is 4.68 Å². The van der Waals surface area contributed by atoms with Crippen LogP contribution in [-0.2, 0) is 18.0 Å². The molecular weight excluding hydrogens is 364 g/mol. The Labute approximate surface area is 164 Å². The zero-order valence-corrected chi connectivity index (χ0v) is 17.1. The van der Waals surface area contributed by atoms with Crippen molar-refractivity contribution in [1.82, 2.24) is 19.2 Å². The number of rotatable bonds is 6. The number of thiophene rings is 1. The molecule has 2 aromatic rings. The van der Waals surface area contributed by atoms with E-state index in [1.165, 1.54) is 37.0 Å². The Morgan fingerprint density at radius 3 is 2.81 bits per heavy atom. The average Bonchev–Trinajstić information content (AvgIpc) is 3.41. The van der Waals surface area contributed by atoms with Gasteiger partial charge in [0, 0.05) is 12.6 Å². The molecule has 2 aromatic heterocycles. The second-order valence-electron chi connectivity index (χ2n) is 7.52. The predicted molar refractivity (Wildman–Crippen MR) is 108 cm³/mol. The Morgan fingerprint density at radius 2 is 2.12 bits per heavy atom. The maximum absolute atomic E-state index is 5.86. The van der Waals surface area contributed by atoms with Gasteiger partial charge in [-0.1, -0.05) is 25.3 Å². The first kappa shape index (κ1) is 18.3. The van der Waals surface area contributed by atoms with E-state index in [9.17, 15) is 0 Å². The molecule has 1 saturated heterocycles. The van der Waals surface area contributed by atoms with Gasteiger partial charge in [0.15, 0.2) is 10.6 Å². The van der Waals surface area contributed by atoms with Gasteiger partial charge in [-0.3, -0.25) is 9.47 Å². The SMILES string of the molecule is CN(Cn1nc(-c2cccs2)n(CC2CCCO2)c1=S)C1CCCCC1. The van der Waals surface area contributed by atoms with Crippen molar-refractivity contribution in [3.8, 4) is 10.7 Å². The fraction of sp³-hybridized carbons (Fsp3) is 0.684. The quantitative estimate of drug-likeness (QED) is 0.676. The zero-order chi connectivity index (χ0) is 17.9. The van der Waals surface area contributed by atoms with Crippen molar-refractivity contribution in [3.05, 3.63) is 22.3 Å². The summed E-state index contributed by atoms with van der Waals surface area (Å²) in [4.78, 5) is 3.60. The second kappa shape index (κ2) is 8.33. The molecule has 4 rings (SSSR count). The third kappa shape index (κ3) is 3.96. The van der Waals surface area contributed by atoms with Gasteiger partial charge in [0.05, 0.1) is 24.2 Å². The average molecular weight is 393 g/mol. The molecule has 0 radical (unpaired) electrons. The highest BCUT2D eigenvalue weighted by molar-refractivity contribution is 7.71. The van der Waals surface area contributed by atoms with E-state index in [4.69, 9.17) is 22.1 Å².